The summed E-state index contributed by atoms with van der Waals surface area (Å²) in [5, 5.41) is 0. The van der Waals surface area contributed by atoms with Gasteiger partial charge in [0.2, 0.25) is 0 Å². The average molecular weight is 334 g/mol. The summed E-state index contributed by atoms with van der Waals surface area (Å²) < 4.78 is 17.3. The normalized spacial score (nSPS) is 11.4. The molecule has 0 unspecified atom stereocenters. The molecule has 0 saturated carbocycles. The molecule has 0 aliphatic carbocycles. The maximum absolute atomic E-state index is 12.0. The highest BCUT2D eigenvalue weighted by atomic mass is 16.6. The molecule has 0 atom stereocenters. The molecule has 0 spiro atoms. The molecule has 0 fully saturated rings. The lowest BCUT2D eigenvalue weighted by atomic mass is 10.1. The van der Waals surface area contributed by atoms with Crippen molar-refractivity contribution in [2.45, 2.75) is 33.3 Å². The summed E-state index contributed by atoms with van der Waals surface area (Å²) in [7, 11) is 3.14. The summed E-state index contributed by atoms with van der Waals surface area (Å²) in [5.41, 5.74) is 0.958. The topological polar surface area (TPSA) is 79.7 Å². The zero-order chi connectivity index (χ0) is 18.1. The highest BCUT2D eigenvalue weighted by Gasteiger charge is 2.20. The van der Waals surface area contributed by atoms with Gasteiger partial charge in [0.05, 0.1) is 18.2 Å². The third kappa shape index (κ3) is 3.84. The molecule has 2 rings (SSSR count). The number of benzene rings is 1. The van der Waals surface area contributed by atoms with Crippen molar-refractivity contribution in [1.82, 2.24) is 9.55 Å². The number of rotatable bonds is 4. The fraction of sp³-hybridized carbons (Fsp3) is 0.471. The van der Waals surface area contributed by atoms with Gasteiger partial charge < -0.3 is 18.8 Å². The van der Waals surface area contributed by atoms with Crippen LogP contribution in [0.3, 0.4) is 0 Å². The molecule has 0 radical (unpaired) electrons. The first-order valence-corrected chi connectivity index (χ1v) is 7.52. The lowest BCUT2D eigenvalue weighted by Gasteiger charge is -2.19. The van der Waals surface area contributed by atoms with E-state index in [-0.39, 0.29) is 12.2 Å². The lowest BCUT2D eigenvalue weighted by Crippen LogP contribution is -2.27. The number of esters is 2. The van der Waals surface area contributed by atoms with E-state index in [4.69, 9.17) is 14.2 Å². The van der Waals surface area contributed by atoms with E-state index in [1.807, 2.05) is 18.5 Å². The second-order valence-electron chi connectivity index (χ2n) is 6.42. The first kappa shape index (κ1) is 17.8. The first-order chi connectivity index (χ1) is 11.1. The molecular weight excluding hydrogens is 312 g/mol. The smallest absolute Gasteiger partial charge is 0.344 e. The largest absolute Gasteiger partial charge is 0.482 e. The van der Waals surface area contributed by atoms with Crippen molar-refractivity contribution in [2.24, 2.45) is 7.05 Å². The van der Waals surface area contributed by atoms with Crippen LogP contribution in [0.1, 0.15) is 37.0 Å². The van der Waals surface area contributed by atoms with Crippen molar-refractivity contribution in [3.8, 4) is 5.75 Å². The number of methoxy groups -OCH3 is 1. The summed E-state index contributed by atoms with van der Waals surface area (Å²) in [6.45, 7) is 6.93. The molecule has 1 aromatic heterocycles. The standard InChI is InChI=1S/C17H22N2O5/c1-10-18-15-12(16(21)22-6)7-11(8-13(15)19(10)5)23-9-14(20)24-17(2,3)4/h7-8H,9H2,1-6H3. The Morgan fingerprint density at radius 3 is 2.50 bits per heavy atom. The van der Waals surface area contributed by atoms with Crippen LogP contribution in [0, 0.1) is 6.92 Å². The Morgan fingerprint density at radius 2 is 1.92 bits per heavy atom. The van der Waals surface area contributed by atoms with Crippen molar-refractivity contribution >= 4 is 23.0 Å². The Bertz CT molecular complexity index is 786. The number of hydrogen-bond acceptors (Lipinski definition) is 6. The fourth-order valence-electron chi connectivity index (χ4n) is 2.24. The third-order valence-electron chi connectivity index (χ3n) is 3.37. The van der Waals surface area contributed by atoms with Gasteiger partial charge in [0, 0.05) is 13.1 Å². The minimum atomic E-state index is -0.583. The Kier molecular flexibility index (Phi) is 4.82. The quantitative estimate of drug-likeness (QED) is 0.799. The average Bonchev–Trinajstić information content (AvgIpc) is 2.77. The molecule has 130 valence electrons. The third-order valence-corrected chi connectivity index (χ3v) is 3.37. The van der Waals surface area contributed by atoms with Crippen LogP contribution in [-0.4, -0.2) is 40.8 Å². The second-order valence-corrected chi connectivity index (χ2v) is 6.42. The summed E-state index contributed by atoms with van der Waals surface area (Å²) in [6.07, 6.45) is 0. The molecule has 2 aromatic rings. The molecule has 0 saturated heterocycles. The van der Waals surface area contributed by atoms with Gasteiger partial charge in [0.25, 0.3) is 0 Å². The maximum atomic E-state index is 12.0. The van der Waals surface area contributed by atoms with E-state index < -0.39 is 17.5 Å². The van der Waals surface area contributed by atoms with Gasteiger partial charge in [-0.15, -0.1) is 0 Å². The number of fused-ring (bicyclic) bond motifs is 1. The van der Waals surface area contributed by atoms with Gasteiger partial charge in [0.15, 0.2) is 6.61 Å². The van der Waals surface area contributed by atoms with Gasteiger partial charge in [0.1, 0.15) is 22.7 Å². The Labute approximate surface area is 140 Å². The summed E-state index contributed by atoms with van der Waals surface area (Å²) in [6, 6.07) is 3.25. The number of hydrogen-bond donors (Lipinski definition) is 0. The highest BCUT2D eigenvalue weighted by Crippen LogP contribution is 2.26. The van der Waals surface area contributed by atoms with Crippen LogP contribution in [0.2, 0.25) is 0 Å². The maximum Gasteiger partial charge on any atom is 0.344 e. The van der Waals surface area contributed by atoms with Crippen molar-refractivity contribution < 1.29 is 23.8 Å². The van der Waals surface area contributed by atoms with Gasteiger partial charge in [-0.2, -0.15) is 0 Å². The second kappa shape index (κ2) is 6.51. The Balaban J connectivity index is 2.32. The van der Waals surface area contributed by atoms with Crippen LogP contribution < -0.4 is 4.74 Å². The number of aryl methyl sites for hydroxylation is 2. The van der Waals surface area contributed by atoms with Crippen LogP contribution >= 0.6 is 0 Å². The number of aromatic nitrogens is 2. The number of ether oxygens (including phenoxy) is 3. The summed E-state index contributed by atoms with van der Waals surface area (Å²) in [4.78, 5) is 28.2. The molecule has 1 aromatic carbocycles. The Hall–Kier alpha value is -2.57. The minimum absolute atomic E-state index is 0.250. The van der Waals surface area contributed by atoms with Crippen molar-refractivity contribution in [2.75, 3.05) is 13.7 Å². The molecule has 0 N–H and O–H groups in total. The van der Waals surface area contributed by atoms with E-state index in [9.17, 15) is 9.59 Å². The zero-order valence-corrected chi connectivity index (χ0v) is 14.8. The van der Waals surface area contributed by atoms with Gasteiger partial charge >= 0.3 is 11.9 Å². The van der Waals surface area contributed by atoms with Gasteiger partial charge in [-0.05, 0) is 33.8 Å². The van der Waals surface area contributed by atoms with Gasteiger partial charge in [-0.3, -0.25) is 0 Å². The molecule has 0 aliphatic rings. The van der Waals surface area contributed by atoms with Crippen LogP contribution in [0.4, 0.5) is 0 Å². The molecule has 0 aliphatic heterocycles. The SMILES string of the molecule is COC(=O)c1cc(OCC(=O)OC(C)(C)C)cc2c1nc(C)n2C. The van der Waals surface area contributed by atoms with Crippen molar-refractivity contribution in [1.29, 1.82) is 0 Å². The van der Waals surface area contributed by atoms with Crippen molar-refractivity contribution in [3.05, 3.63) is 23.5 Å². The molecule has 24 heavy (non-hydrogen) atoms. The monoisotopic (exact) mass is 334 g/mol. The van der Waals surface area contributed by atoms with E-state index in [0.717, 1.165) is 11.3 Å². The van der Waals surface area contributed by atoms with E-state index >= 15 is 0 Å². The van der Waals surface area contributed by atoms with E-state index in [1.54, 1.807) is 26.8 Å². The zero-order valence-electron chi connectivity index (χ0n) is 14.8. The first-order valence-electron chi connectivity index (χ1n) is 7.52. The molecule has 0 amide bonds. The van der Waals surface area contributed by atoms with Crippen LogP contribution in [-0.2, 0) is 21.3 Å². The Morgan fingerprint density at radius 1 is 1.25 bits per heavy atom. The van der Waals surface area contributed by atoms with Crippen molar-refractivity contribution in [3.63, 3.8) is 0 Å². The van der Waals surface area contributed by atoms with E-state index in [1.165, 1.54) is 13.2 Å². The van der Waals surface area contributed by atoms with Gasteiger partial charge in [-0.1, -0.05) is 0 Å². The molecule has 0 bridgehead atoms. The van der Waals surface area contributed by atoms with Crippen LogP contribution in [0.15, 0.2) is 12.1 Å². The summed E-state index contributed by atoms with van der Waals surface area (Å²) in [5.74, 6) is 0.125. The lowest BCUT2D eigenvalue weighted by molar-refractivity contribution is -0.157. The number of carbonyl (C=O) groups is 2. The molecule has 7 heteroatoms. The fourth-order valence-corrected chi connectivity index (χ4v) is 2.24. The highest BCUT2D eigenvalue weighted by molar-refractivity contribution is 6.03. The van der Waals surface area contributed by atoms with Crippen LogP contribution in [0.5, 0.6) is 5.75 Å². The van der Waals surface area contributed by atoms with Gasteiger partial charge in [-0.25, -0.2) is 14.6 Å². The number of carbonyl (C=O) groups excluding carboxylic acids is 2. The predicted molar refractivity (Wildman–Crippen MR) is 88.1 cm³/mol. The molecule has 1 heterocycles. The molecule has 7 nitrogen and oxygen atoms in total. The van der Waals surface area contributed by atoms with E-state index in [2.05, 4.69) is 4.98 Å². The number of imidazole rings is 1. The number of nitrogens with zero attached hydrogens (tertiary/aromatic N) is 2. The minimum Gasteiger partial charge on any atom is -0.482 e. The van der Waals surface area contributed by atoms with Crippen LogP contribution in [0.25, 0.3) is 11.0 Å². The predicted octanol–water partition coefficient (Wildman–Crippen LogP) is 2.39. The van der Waals surface area contributed by atoms with E-state index in [0.29, 0.717) is 11.3 Å². The molecular formula is C17H22N2O5. The summed E-state index contributed by atoms with van der Waals surface area (Å²) >= 11 is 0.